The molecule has 3 N–H and O–H groups in total. The van der Waals surface area contributed by atoms with Crippen LogP contribution in [0.3, 0.4) is 0 Å². The molecule has 0 bridgehead atoms. The molecule has 0 spiro atoms. The van der Waals surface area contributed by atoms with Crippen LogP contribution in [-0.2, 0) is 12.8 Å². The summed E-state index contributed by atoms with van der Waals surface area (Å²) in [6.45, 7) is 2.17. The number of aromatic amines is 1. The molecule has 3 heteroatoms. The van der Waals surface area contributed by atoms with Gasteiger partial charge in [0.2, 0.25) is 0 Å². The highest BCUT2D eigenvalue weighted by Gasteiger charge is 2.18. The molecule has 14 heavy (non-hydrogen) atoms. The molecule has 2 nitrogen and oxygen atoms in total. The molecular weight excluding hydrogens is 192 g/mol. The zero-order valence-corrected chi connectivity index (χ0v) is 8.87. The van der Waals surface area contributed by atoms with E-state index in [9.17, 15) is 0 Å². The minimum Gasteiger partial charge on any atom is -0.385 e. The van der Waals surface area contributed by atoms with Crippen molar-refractivity contribution >= 4 is 17.2 Å². The lowest BCUT2D eigenvalue weighted by Crippen LogP contribution is -2.02. The highest BCUT2D eigenvalue weighted by atomic mass is 32.1. The Bertz CT molecular complexity index is 408. The molecule has 1 aliphatic rings. The SMILES string of the molecule is Cc1cc2c(s1)Cc1cc(N)[nH]c1C2. The maximum Gasteiger partial charge on any atom is 0.101 e. The Labute approximate surface area is 86.8 Å². The third-order valence-corrected chi connectivity index (χ3v) is 3.84. The van der Waals surface area contributed by atoms with Gasteiger partial charge in [0, 0.05) is 28.3 Å². The Balaban J connectivity index is 2.10. The van der Waals surface area contributed by atoms with Gasteiger partial charge in [0.15, 0.2) is 0 Å². The summed E-state index contributed by atoms with van der Waals surface area (Å²) < 4.78 is 0. The van der Waals surface area contributed by atoms with Gasteiger partial charge in [0.05, 0.1) is 0 Å². The summed E-state index contributed by atoms with van der Waals surface area (Å²) in [7, 11) is 0. The molecule has 0 aromatic carbocycles. The van der Waals surface area contributed by atoms with E-state index in [4.69, 9.17) is 5.73 Å². The summed E-state index contributed by atoms with van der Waals surface area (Å²) in [6, 6.07) is 4.35. The van der Waals surface area contributed by atoms with Gasteiger partial charge in [0.25, 0.3) is 0 Å². The lowest BCUT2D eigenvalue weighted by atomic mass is 9.97. The average molecular weight is 204 g/mol. The first-order chi connectivity index (χ1) is 6.72. The highest BCUT2D eigenvalue weighted by molar-refractivity contribution is 7.12. The first kappa shape index (κ1) is 8.12. The topological polar surface area (TPSA) is 41.8 Å². The van der Waals surface area contributed by atoms with Crippen LogP contribution in [0.2, 0.25) is 0 Å². The van der Waals surface area contributed by atoms with Crippen LogP contribution in [0.4, 0.5) is 5.82 Å². The number of hydrogen-bond acceptors (Lipinski definition) is 2. The molecule has 72 valence electrons. The number of hydrogen-bond donors (Lipinski definition) is 2. The molecule has 0 aliphatic heterocycles. The second-order valence-electron chi connectivity index (χ2n) is 3.89. The van der Waals surface area contributed by atoms with Gasteiger partial charge in [-0.05, 0) is 30.2 Å². The normalized spacial score (nSPS) is 13.8. The van der Waals surface area contributed by atoms with E-state index >= 15 is 0 Å². The molecule has 2 aromatic rings. The van der Waals surface area contributed by atoms with Crippen molar-refractivity contribution in [3.05, 3.63) is 38.7 Å². The molecule has 2 aromatic heterocycles. The van der Waals surface area contributed by atoms with Crippen LogP contribution < -0.4 is 5.73 Å². The Kier molecular flexibility index (Phi) is 1.53. The first-order valence-electron chi connectivity index (χ1n) is 4.77. The molecule has 0 radical (unpaired) electrons. The van der Waals surface area contributed by atoms with Crippen LogP contribution in [0.1, 0.15) is 26.6 Å². The van der Waals surface area contributed by atoms with E-state index in [1.54, 1.807) is 0 Å². The van der Waals surface area contributed by atoms with E-state index in [2.05, 4.69) is 24.0 Å². The molecular formula is C11H12N2S. The van der Waals surface area contributed by atoms with E-state index in [0.717, 1.165) is 18.7 Å². The van der Waals surface area contributed by atoms with Crippen molar-refractivity contribution in [2.45, 2.75) is 19.8 Å². The predicted molar refractivity (Wildman–Crippen MR) is 59.9 cm³/mol. The minimum atomic E-state index is 0.793. The van der Waals surface area contributed by atoms with Gasteiger partial charge in [-0.3, -0.25) is 0 Å². The second-order valence-corrected chi connectivity index (χ2v) is 5.23. The molecule has 0 saturated heterocycles. The third kappa shape index (κ3) is 1.09. The van der Waals surface area contributed by atoms with Crippen molar-refractivity contribution in [1.29, 1.82) is 0 Å². The van der Waals surface area contributed by atoms with Gasteiger partial charge >= 0.3 is 0 Å². The fourth-order valence-electron chi connectivity index (χ4n) is 2.16. The number of nitrogens with one attached hydrogen (secondary N) is 1. The fraction of sp³-hybridized carbons (Fsp3) is 0.273. The zero-order chi connectivity index (χ0) is 9.71. The summed E-state index contributed by atoms with van der Waals surface area (Å²) in [5.41, 5.74) is 9.88. The molecule has 0 fully saturated rings. The van der Waals surface area contributed by atoms with Gasteiger partial charge in [0.1, 0.15) is 5.82 Å². The van der Waals surface area contributed by atoms with Crippen molar-refractivity contribution in [2.75, 3.05) is 5.73 Å². The Morgan fingerprint density at radius 2 is 2.14 bits per heavy atom. The third-order valence-electron chi connectivity index (χ3n) is 2.75. The fourth-order valence-corrected chi connectivity index (χ4v) is 3.24. The number of aryl methyl sites for hydroxylation is 1. The molecule has 0 amide bonds. The molecule has 1 aliphatic carbocycles. The number of fused-ring (bicyclic) bond motifs is 2. The Morgan fingerprint density at radius 1 is 1.29 bits per heavy atom. The van der Waals surface area contributed by atoms with E-state index < -0.39 is 0 Å². The summed E-state index contributed by atoms with van der Waals surface area (Å²) in [6.07, 6.45) is 2.07. The maximum absolute atomic E-state index is 5.74. The van der Waals surface area contributed by atoms with Crippen molar-refractivity contribution in [1.82, 2.24) is 4.98 Å². The van der Waals surface area contributed by atoms with Gasteiger partial charge in [-0.1, -0.05) is 0 Å². The number of nitrogens with two attached hydrogens (primary N) is 1. The lowest BCUT2D eigenvalue weighted by molar-refractivity contribution is 0.999. The first-order valence-corrected chi connectivity index (χ1v) is 5.58. The summed E-state index contributed by atoms with van der Waals surface area (Å²) in [4.78, 5) is 6.15. The van der Waals surface area contributed by atoms with E-state index in [1.807, 2.05) is 11.3 Å². The number of anilines is 1. The van der Waals surface area contributed by atoms with E-state index in [1.165, 1.54) is 26.6 Å². The average Bonchev–Trinajstić information content (AvgIpc) is 2.59. The van der Waals surface area contributed by atoms with E-state index in [0.29, 0.717) is 0 Å². The van der Waals surface area contributed by atoms with Gasteiger partial charge in [-0.25, -0.2) is 0 Å². The van der Waals surface area contributed by atoms with Crippen molar-refractivity contribution in [3.63, 3.8) is 0 Å². The van der Waals surface area contributed by atoms with Crippen LogP contribution in [0.15, 0.2) is 12.1 Å². The minimum absolute atomic E-state index is 0.793. The second kappa shape index (κ2) is 2.64. The molecule has 0 unspecified atom stereocenters. The molecule has 3 rings (SSSR count). The monoisotopic (exact) mass is 204 g/mol. The van der Waals surface area contributed by atoms with Crippen molar-refractivity contribution < 1.29 is 0 Å². The van der Waals surface area contributed by atoms with Gasteiger partial charge in [-0.15, -0.1) is 11.3 Å². The summed E-state index contributed by atoms with van der Waals surface area (Å²) >= 11 is 1.91. The van der Waals surface area contributed by atoms with Crippen LogP contribution in [0, 0.1) is 6.92 Å². The smallest absolute Gasteiger partial charge is 0.101 e. The zero-order valence-electron chi connectivity index (χ0n) is 8.05. The largest absolute Gasteiger partial charge is 0.385 e. The standard InChI is InChI=1S/C11H12N2S/c1-6-2-8-3-9-7(4-10(8)14-6)5-11(12)13-9/h2,5,13H,3-4,12H2,1H3. The molecule has 0 atom stereocenters. The van der Waals surface area contributed by atoms with Gasteiger partial charge < -0.3 is 10.7 Å². The number of thiophene rings is 1. The van der Waals surface area contributed by atoms with Crippen LogP contribution in [0.5, 0.6) is 0 Å². The Hall–Kier alpha value is -1.22. The van der Waals surface area contributed by atoms with Crippen LogP contribution in [0.25, 0.3) is 0 Å². The number of rotatable bonds is 0. The number of aromatic nitrogens is 1. The van der Waals surface area contributed by atoms with E-state index in [-0.39, 0.29) is 0 Å². The predicted octanol–water partition coefficient (Wildman–Crippen LogP) is 2.46. The highest BCUT2D eigenvalue weighted by Crippen LogP contribution is 2.33. The number of nitrogen functional groups attached to an aromatic ring is 1. The molecule has 0 saturated carbocycles. The maximum atomic E-state index is 5.74. The summed E-state index contributed by atoms with van der Waals surface area (Å²) in [5, 5.41) is 0. The summed E-state index contributed by atoms with van der Waals surface area (Å²) in [5.74, 6) is 0.793. The van der Waals surface area contributed by atoms with Crippen molar-refractivity contribution in [3.8, 4) is 0 Å². The quantitative estimate of drug-likeness (QED) is 0.580. The molecule has 2 heterocycles. The van der Waals surface area contributed by atoms with Crippen LogP contribution >= 0.6 is 11.3 Å². The van der Waals surface area contributed by atoms with Gasteiger partial charge in [-0.2, -0.15) is 0 Å². The lowest BCUT2D eigenvalue weighted by Gasteiger charge is -2.10. The Morgan fingerprint density at radius 3 is 3.00 bits per heavy atom. The number of H-pyrrole nitrogens is 1. The van der Waals surface area contributed by atoms with Crippen LogP contribution in [-0.4, -0.2) is 4.98 Å². The van der Waals surface area contributed by atoms with Crippen molar-refractivity contribution in [2.24, 2.45) is 0 Å².